The zero-order valence-corrected chi connectivity index (χ0v) is 12.1. The molecule has 0 bridgehead atoms. The number of hydrogen-bond donors (Lipinski definition) is 1. The molecule has 1 N–H and O–H groups in total. The Labute approximate surface area is 112 Å². The average molecular weight is 272 g/mol. The Morgan fingerprint density at radius 3 is 2.89 bits per heavy atom. The van der Waals surface area contributed by atoms with Gasteiger partial charge in [-0.2, -0.15) is 0 Å². The van der Waals surface area contributed by atoms with Crippen LogP contribution in [0.3, 0.4) is 0 Å². The van der Waals surface area contributed by atoms with Crippen molar-refractivity contribution in [3.05, 3.63) is 12.0 Å². The summed E-state index contributed by atoms with van der Waals surface area (Å²) in [6, 6.07) is 0. The summed E-state index contributed by atoms with van der Waals surface area (Å²) in [5.74, 6) is 0.507. The number of rotatable bonds is 7. The van der Waals surface area contributed by atoms with E-state index in [1.807, 2.05) is 13.8 Å². The van der Waals surface area contributed by atoms with E-state index in [4.69, 9.17) is 9.15 Å². The van der Waals surface area contributed by atoms with E-state index < -0.39 is 5.54 Å². The lowest BCUT2D eigenvalue weighted by Gasteiger charge is -2.26. The van der Waals surface area contributed by atoms with Gasteiger partial charge in [-0.25, -0.2) is 4.98 Å². The van der Waals surface area contributed by atoms with Gasteiger partial charge in [-0.05, 0) is 34.2 Å². The fraction of sp³-hybridized carbons (Fsp3) is 0.667. The van der Waals surface area contributed by atoms with Crippen LogP contribution in [0.2, 0.25) is 0 Å². The van der Waals surface area contributed by atoms with Gasteiger partial charge >= 0.3 is 5.97 Å². The normalized spacial score (nSPS) is 14.2. The Balaban J connectivity index is 2.46. The largest absolute Gasteiger partial charge is 0.465 e. The van der Waals surface area contributed by atoms with E-state index >= 15 is 0 Å². The van der Waals surface area contributed by atoms with Crippen molar-refractivity contribution in [3.63, 3.8) is 0 Å². The number of carbonyl (C=O) groups excluding carboxylic acids is 1. The van der Waals surface area contributed by atoms with E-state index in [0.717, 1.165) is 11.4 Å². The number of esters is 1. The molecule has 18 heavy (non-hydrogen) atoms. The molecular formula is C12H20N2O3S. The summed E-state index contributed by atoms with van der Waals surface area (Å²) in [5.41, 5.74) is 0.198. The third-order valence-corrected chi connectivity index (χ3v) is 3.55. The van der Waals surface area contributed by atoms with Gasteiger partial charge in [0.2, 0.25) is 0 Å². The molecule has 5 nitrogen and oxygen atoms in total. The molecule has 1 unspecified atom stereocenters. The molecule has 1 aromatic heterocycles. The lowest BCUT2D eigenvalue weighted by molar-refractivity contribution is -0.150. The van der Waals surface area contributed by atoms with Crippen molar-refractivity contribution in [1.29, 1.82) is 0 Å². The van der Waals surface area contributed by atoms with Crippen LogP contribution >= 0.6 is 11.8 Å². The van der Waals surface area contributed by atoms with Crippen LogP contribution in [0.1, 0.15) is 26.0 Å². The number of nitrogens with zero attached hydrogens (tertiary/aromatic N) is 1. The number of thioether (sulfide) groups is 1. The van der Waals surface area contributed by atoms with Gasteiger partial charge in [-0.3, -0.25) is 4.79 Å². The molecule has 0 amide bonds. The fourth-order valence-corrected chi connectivity index (χ4v) is 2.37. The van der Waals surface area contributed by atoms with Gasteiger partial charge in [0, 0.05) is 5.75 Å². The minimum absolute atomic E-state index is 0.225. The molecule has 1 atom stereocenters. The number of carbonyl (C=O) groups is 1. The highest BCUT2D eigenvalue weighted by Gasteiger charge is 2.32. The lowest BCUT2D eigenvalue weighted by atomic mass is 10.00. The molecule has 0 aliphatic carbocycles. The number of aryl methyl sites for hydroxylation is 1. The molecule has 102 valence electrons. The Bertz CT molecular complexity index is 394. The van der Waals surface area contributed by atoms with Crippen molar-refractivity contribution >= 4 is 17.7 Å². The minimum Gasteiger partial charge on any atom is -0.465 e. The molecule has 6 heteroatoms. The summed E-state index contributed by atoms with van der Waals surface area (Å²) >= 11 is 1.49. The summed E-state index contributed by atoms with van der Waals surface area (Å²) < 4.78 is 10.3. The molecule has 0 saturated heterocycles. The highest BCUT2D eigenvalue weighted by Crippen LogP contribution is 2.22. The molecule has 0 spiro atoms. The van der Waals surface area contributed by atoms with Gasteiger partial charge in [0.25, 0.3) is 5.22 Å². The maximum Gasteiger partial charge on any atom is 0.326 e. The Hall–Kier alpha value is -1.01. The zero-order valence-electron chi connectivity index (χ0n) is 11.3. The molecule has 0 saturated carbocycles. The molecular weight excluding hydrogens is 252 g/mol. The maximum atomic E-state index is 11.8. The lowest BCUT2D eigenvalue weighted by Crippen LogP contribution is -2.49. The molecule has 1 heterocycles. The van der Waals surface area contributed by atoms with Crippen LogP contribution in [0.15, 0.2) is 15.9 Å². The summed E-state index contributed by atoms with van der Waals surface area (Å²) in [6.07, 6.45) is 2.26. The summed E-state index contributed by atoms with van der Waals surface area (Å²) in [7, 11) is 1.76. The molecule has 0 aliphatic heterocycles. The first-order chi connectivity index (χ1) is 8.51. The first-order valence-electron chi connectivity index (χ1n) is 5.93. The minimum atomic E-state index is -0.662. The topological polar surface area (TPSA) is 64.4 Å². The molecule has 0 aromatic carbocycles. The summed E-state index contributed by atoms with van der Waals surface area (Å²) in [6.45, 7) is 5.91. The SMILES string of the molecule is CCOC(=O)C(C)(CCSc1nc(C)co1)NC. The standard InChI is InChI=1S/C12H20N2O3S/c1-5-16-10(15)12(3,13-4)6-7-18-11-14-9(2)8-17-11/h8,13H,5-7H2,1-4H3. The van der Waals surface area contributed by atoms with Crippen molar-refractivity contribution in [3.8, 4) is 0 Å². The van der Waals surface area contributed by atoms with E-state index in [1.54, 1.807) is 20.2 Å². The Morgan fingerprint density at radius 2 is 2.39 bits per heavy atom. The zero-order chi connectivity index (χ0) is 13.6. The Kier molecular flexibility index (Phi) is 5.68. The fourth-order valence-electron chi connectivity index (χ4n) is 1.36. The van der Waals surface area contributed by atoms with Crippen molar-refractivity contribution in [2.45, 2.75) is 38.0 Å². The molecule has 1 aromatic rings. The number of aromatic nitrogens is 1. The van der Waals surface area contributed by atoms with E-state index in [-0.39, 0.29) is 5.97 Å². The predicted octanol–water partition coefficient (Wildman–Crippen LogP) is 2.01. The second-order valence-electron chi connectivity index (χ2n) is 4.16. The van der Waals surface area contributed by atoms with Crippen molar-refractivity contribution in [2.24, 2.45) is 0 Å². The van der Waals surface area contributed by atoms with Crippen LogP contribution in [0.4, 0.5) is 0 Å². The predicted molar refractivity (Wildman–Crippen MR) is 70.7 cm³/mol. The first-order valence-corrected chi connectivity index (χ1v) is 6.91. The molecule has 0 aliphatic rings. The Morgan fingerprint density at radius 1 is 1.67 bits per heavy atom. The second-order valence-corrected chi connectivity index (χ2v) is 5.20. The van der Waals surface area contributed by atoms with Gasteiger partial charge in [0.1, 0.15) is 11.8 Å². The van der Waals surface area contributed by atoms with Crippen LogP contribution < -0.4 is 5.32 Å². The van der Waals surface area contributed by atoms with Crippen molar-refractivity contribution < 1.29 is 13.9 Å². The quantitative estimate of drug-likeness (QED) is 0.605. The molecule has 0 fully saturated rings. The van der Waals surface area contributed by atoms with Crippen LogP contribution in [0, 0.1) is 6.92 Å². The summed E-state index contributed by atoms with van der Waals surface area (Å²) in [4.78, 5) is 16.0. The van der Waals surface area contributed by atoms with Crippen LogP contribution in [-0.4, -0.2) is 35.9 Å². The van der Waals surface area contributed by atoms with Crippen molar-refractivity contribution in [1.82, 2.24) is 10.3 Å². The van der Waals surface area contributed by atoms with Gasteiger partial charge in [0.15, 0.2) is 0 Å². The van der Waals surface area contributed by atoms with E-state index in [2.05, 4.69) is 10.3 Å². The van der Waals surface area contributed by atoms with Crippen LogP contribution in [0.5, 0.6) is 0 Å². The highest BCUT2D eigenvalue weighted by atomic mass is 32.2. The molecule has 0 radical (unpaired) electrons. The van der Waals surface area contributed by atoms with Crippen LogP contribution in [-0.2, 0) is 9.53 Å². The highest BCUT2D eigenvalue weighted by molar-refractivity contribution is 7.99. The second kappa shape index (κ2) is 6.80. The maximum absolute atomic E-state index is 11.8. The first kappa shape index (κ1) is 15.0. The van der Waals surface area contributed by atoms with Crippen molar-refractivity contribution in [2.75, 3.05) is 19.4 Å². The number of hydrogen-bond acceptors (Lipinski definition) is 6. The number of likely N-dealkylation sites (N-methyl/N-ethyl adjacent to an activating group) is 1. The molecule has 1 rings (SSSR count). The number of oxazole rings is 1. The monoisotopic (exact) mass is 272 g/mol. The summed E-state index contributed by atoms with van der Waals surface area (Å²) in [5, 5.41) is 3.65. The third-order valence-electron chi connectivity index (χ3n) is 2.70. The third kappa shape index (κ3) is 4.03. The average Bonchev–Trinajstić information content (AvgIpc) is 2.75. The van der Waals surface area contributed by atoms with E-state index in [9.17, 15) is 4.79 Å². The van der Waals surface area contributed by atoms with Gasteiger partial charge < -0.3 is 14.5 Å². The van der Waals surface area contributed by atoms with E-state index in [0.29, 0.717) is 18.3 Å². The van der Waals surface area contributed by atoms with Crippen LogP contribution in [0.25, 0.3) is 0 Å². The van der Waals surface area contributed by atoms with Gasteiger partial charge in [-0.15, -0.1) is 0 Å². The van der Waals surface area contributed by atoms with Gasteiger partial charge in [-0.1, -0.05) is 11.8 Å². The van der Waals surface area contributed by atoms with Gasteiger partial charge in [0.05, 0.1) is 12.3 Å². The number of nitrogens with one attached hydrogen (secondary N) is 1. The smallest absolute Gasteiger partial charge is 0.326 e. The van der Waals surface area contributed by atoms with E-state index in [1.165, 1.54) is 11.8 Å². The number of ether oxygens (including phenoxy) is 1.